The van der Waals surface area contributed by atoms with E-state index in [1.807, 2.05) is 0 Å². The van der Waals surface area contributed by atoms with E-state index in [0.29, 0.717) is 11.1 Å². The zero-order chi connectivity index (χ0) is 23.6. The van der Waals surface area contributed by atoms with Gasteiger partial charge in [-0.2, -0.15) is 8.78 Å². The maximum absolute atomic E-state index is 12.2. The van der Waals surface area contributed by atoms with Gasteiger partial charge in [-0.05, 0) is 29.3 Å². The Morgan fingerprint density at radius 1 is 1.09 bits per heavy atom. The zero-order valence-electron chi connectivity index (χ0n) is 17.1. The minimum atomic E-state index is -3.87. The van der Waals surface area contributed by atoms with E-state index in [2.05, 4.69) is 9.46 Å². The number of alkyl halides is 2. The van der Waals surface area contributed by atoms with Gasteiger partial charge in [-0.3, -0.25) is 9.59 Å². The quantitative estimate of drug-likeness (QED) is 0.508. The van der Waals surface area contributed by atoms with E-state index in [1.54, 1.807) is 30.3 Å². The lowest BCUT2D eigenvalue weighted by Gasteiger charge is -2.17. The molecule has 0 unspecified atom stereocenters. The van der Waals surface area contributed by atoms with E-state index < -0.39 is 41.7 Å². The summed E-state index contributed by atoms with van der Waals surface area (Å²) in [5, 5.41) is 0.923. The van der Waals surface area contributed by atoms with Crippen LogP contribution in [0.2, 0.25) is 0 Å². The number of amides is 1. The molecule has 0 heterocycles. The molecule has 2 rings (SSSR count). The number of carbonyl (C=O) groups is 2. The van der Waals surface area contributed by atoms with Gasteiger partial charge in [-0.1, -0.05) is 42.5 Å². The van der Waals surface area contributed by atoms with Crippen molar-refractivity contribution in [3.63, 3.8) is 0 Å². The number of hydrogen-bond acceptors (Lipinski definition) is 6. The number of carbonyl (C=O) groups excluding carboxylic acids is 2. The maximum Gasteiger partial charge on any atom is 0.387 e. The molecule has 0 spiro atoms. The van der Waals surface area contributed by atoms with Crippen LogP contribution in [0.1, 0.15) is 11.1 Å². The summed E-state index contributed by atoms with van der Waals surface area (Å²) in [5.74, 6) is -1.46. The van der Waals surface area contributed by atoms with Gasteiger partial charge < -0.3 is 14.4 Å². The van der Waals surface area contributed by atoms with E-state index in [9.17, 15) is 26.8 Å². The van der Waals surface area contributed by atoms with Crippen LogP contribution in [0.5, 0.6) is 5.75 Å². The second-order valence-electron chi connectivity index (χ2n) is 6.51. The van der Waals surface area contributed by atoms with E-state index >= 15 is 0 Å². The molecule has 0 aromatic heterocycles. The summed E-state index contributed by atoms with van der Waals surface area (Å²) in [6.45, 7) is -4.00. The lowest BCUT2D eigenvalue weighted by Crippen LogP contribution is -2.34. The fourth-order valence-electron chi connectivity index (χ4n) is 2.38. The van der Waals surface area contributed by atoms with Gasteiger partial charge in [0.1, 0.15) is 12.3 Å². The number of benzene rings is 2. The molecule has 172 valence electrons. The molecular formula is C21H22F2N2O6S. The topological polar surface area (TPSA) is 102 Å². The van der Waals surface area contributed by atoms with E-state index in [0.717, 1.165) is 5.41 Å². The average Bonchev–Trinajstić information content (AvgIpc) is 2.76. The van der Waals surface area contributed by atoms with Gasteiger partial charge in [0.2, 0.25) is 10.0 Å². The SMILES string of the molecule is CN(Cc1ccc(OC(F)F)cc1)C(=O)COC(=O)CNS(=O)(=O)/C=C/c1ccccc1. The lowest BCUT2D eigenvalue weighted by molar-refractivity contribution is -0.150. The molecule has 0 aliphatic rings. The highest BCUT2D eigenvalue weighted by molar-refractivity contribution is 7.92. The first-order valence-corrected chi connectivity index (χ1v) is 10.9. The minimum absolute atomic E-state index is 0.00674. The van der Waals surface area contributed by atoms with Crippen LogP contribution in [0, 0.1) is 0 Å². The standard InChI is InChI=1S/C21H22F2N2O6S/c1-25(14-17-7-9-18(10-8-17)31-21(22)23)19(26)15-30-20(27)13-24-32(28,29)12-11-16-5-3-2-4-6-16/h2-12,21,24H,13-15H2,1H3/b12-11+. The monoisotopic (exact) mass is 468 g/mol. The normalized spacial score (nSPS) is 11.5. The highest BCUT2D eigenvalue weighted by atomic mass is 32.2. The summed E-state index contributed by atoms with van der Waals surface area (Å²) in [5.41, 5.74) is 1.32. The highest BCUT2D eigenvalue weighted by Gasteiger charge is 2.15. The Balaban J connectivity index is 1.74. The van der Waals surface area contributed by atoms with Crippen LogP contribution in [0.15, 0.2) is 60.0 Å². The van der Waals surface area contributed by atoms with Crippen LogP contribution >= 0.6 is 0 Å². The van der Waals surface area contributed by atoms with Crippen molar-refractivity contribution in [1.29, 1.82) is 0 Å². The van der Waals surface area contributed by atoms with Crippen LogP contribution in [0.3, 0.4) is 0 Å². The van der Waals surface area contributed by atoms with Crippen molar-refractivity contribution in [1.82, 2.24) is 9.62 Å². The largest absolute Gasteiger partial charge is 0.455 e. The number of halogens is 2. The molecule has 2 aromatic rings. The molecular weight excluding hydrogens is 446 g/mol. The molecule has 0 saturated heterocycles. The number of sulfonamides is 1. The third-order valence-corrected chi connectivity index (χ3v) is 5.05. The Labute approximate surface area is 184 Å². The predicted molar refractivity (Wildman–Crippen MR) is 113 cm³/mol. The fraction of sp³-hybridized carbons (Fsp3) is 0.238. The molecule has 0 aliphatic heterocycles. The summed E-state index contributed by atoms with van der Waals surface area (Å²) in [6, 6.07) is 14.5. The van der Waals surface area contributed by atoms with Crippen LogP contribution < -0.4 is 9.46 Å². The third-order valence-electron chi connectivity index (χ3n) is 4.01. The van der Waals surface area contributed by atoms with Crippen molar-refractivity contribution < 1.29 is 36.3 Å². The van der Waals surface area contributed by atoms with Gasteiger partial charge in [0, 0.05) is 19.0 Å². The maximum atomic E-state index is 12.2. The first-order valence-electron chi connectivity index (χ1n) is 9.31. The van der Waals surface area contributed by atoms with Crippen LogP contribution in [-0.4, -0.2) is 52.0 Å². The first kappa shape index (κ1) is 25.0. The van der Waals surface area contributed by atoms with Crippen molar-refractivity contribution in [2.75, 3.05) is 20.2 Å². The Morgan fingerprint density at radius 2 is 1.75 bits per heavy atom. The smallest absolute Gasteiger partial charge is 0.387 e. The van der Waals surface area contributed by atoms with E-state index in [1.165, 1.54) is 42.3 Å². The third kappa shape index (κ3) is 9.23. The summed E-state index contributed by atoms with van der Waals surface area (Å²) in [4.78, 5) is 25.1. The molecule has 0 aliphatic carbocycles. The number of rotatable bonds is 11. The van der Waals surface area contributed by atoms with Crippen molar-refractivity contribution in [3.05, 3.63) is 71.1 Å². The lowest BCUT2D eigenvalue weighted by atomic mass is 10.2. The number of likely N-dealkylation sites (N-methyl/N-ethyl adjacent to an activating group) is 1. The zero-order valence-corrected chi connectivity index (χ0v) is 17.9. The summed E-state index contributed by atoms with van der Waals surface area (Å²) in [7, 11) is -2.40. The molecule has 8 nitrogen and oxygen atoms in total. The predicted octanol–water partition coefficient (Wildman–Crippen LogP) is 2.38. The molecule has 0 fully saturated rings. The number of hydrogen-bond donors (Lipinski definition) is 1. The molecule has 0 bridgehead atoms. The van der Waals surface area contributed by atoms with Crippen molar-refractivity contribution in [2.24, 2.45) is 0 Å². The van der Waals surface area contributed by atoms with Crippen LogP contribution in [0.4, 0.5) is 8.78 Å². The van der Waals surface area contributed by atoms with Crippen molar-refractivity contribution in [3.8, 4) is 5.75 Å². The fourth-order valence-corrected chi connectivity index (χ4v) is 3.13. The molecule has 1 N–H and O–H groups in total. The van der Waals surface area contributed by atoms with Gasteiger partial charge in [0.25, 0.3) is 5.91 Å². The molecule has 0 saturated carbocycles. The average molecular weight is 468 g/mol. The second-order valence-corrected chi connectivity index (χ2v) is 8.16. The van der Waals surface area contributed by atoms with Crippen molar-refractivity contribution in [2.45, 2.75) is 13.2 Å². The summed E-state index contributed by atoms with van der Waals surface area (Å²) in [6.07, 6.45) is 1.37. The first-order chi connectivity index (χ1) is 15.1. The second kappa shape index (κ2) is 11.9. The molecule has 0 radical (unpaired) electrons. The Bertz CT molecular complexity index is 1030. The number of nitrogens with one attached hydrogen (secondary N) is 1. The van der Waals surface area contributed by atoms with Gasteiger partial charge in [0.15, 0.2) is 6.61 Å². The van der Waals surface area contributed by atoms with Gasteiger partial charge in [-0.25, -0.2) is 13.1 Å². The molecule has 11 heteroatoms. The molecule has 2 aromatic carbocycles. The Morgan fingerprint density at radius 3 is 2.38 bits per heavy atom. The number of nitrogens with zero attached hydrogens (tertiary/aromatic N) is 1. The Hall–Kier alpha value is -3.31. The van der Waals surface area contributed by atoms with Gasteiger partial charge in [-0.15, -0.1) is 0 Å². The molecule has 32 heavy (non-hydrogen) atoms. The van der Waals surface area contributed by atoms with E-state index in [-0.39, 0.29) is 12.3 Å². The van der Waals surface area contributed by atoms with Gasteiger partial charge >= 0.3 is 12.6 Å². The number of ether oxygens (including phenoxy) is 2. The van der Waals surface area contributed by atoms with Gasteiger partial charge in [0.05, 0.1) is 0 Å². The van der Waals surface area contributed by atoms with E-state index in [4.69, 9.17) is 4.74 Å². The number of esters is 1. The van der Waals surface area contributed by atoms with Crippen LogP contribution in [-0.2, 0) is 30.9 Å². The van der Waals surface area contributed by atoms with Crippen molar-refractivity contribution >= 4 is 28.0 Å². The highest BCUT2D eigenvalue weighted by Crippen LogP contribution is 2.15. The molecule has 0 atom stereocenters. The summed E-state index contributed by atoms with van der Waals surface area (Å²) >= 11 is 0. The summed E-state index contributed by atoms with van der Waals surface area (Å²) < 4.78 is 59.2. The Kier molecular flexibility index (Phi) is 9.29. The minimum Gasteiger partial charge on any atom is -0.455 e. The van der Waals surface area contributed by atoms with Crippen LogP contribution in [0.25, 0.3) is 6.08 Å². The molecule has 1 amide bonds.